The summed E-state index contributed by atoms with van der Waals surface area (Å²) in [5.74, 6) is 0. The van der Waals surface area contributed by atoms with E-state index in [1.54, 1.807) is 21.0 Å². The molecule has 1 heterocycles. The number of ether oxygens (including phenoxy) is 1. The van der Waals surface area contributed by atoms with E-state index in [9.17, 15) is 8.42 Å². The molecule has 8 heteroatoms. The number of methoxy groups -OCH3 is 1. The fourth-order valence-electron chi connectivity index (χ4n) is 1.68. The monoisotopic (exact) mass is 276 g/mol. The van der Waals surface area contributed by atoms with Gasteiger partial charge in [-0.25, -0.2) is 13.1 Å². The Morgan fingerprint density at radius 2 is 2.17 bits per heavy atom. The van der Waals surface area contributed by atoms with Gasteiger partial charge in [-0.05, 0) is 20.3 Å². The minimum absolute atomic E-state index is 0.177. The molecular formula is C10H20N4O3S. The van der Waals surface area contributed by atoms with Gasteiger partial charge in [0, 0.05) is 19.7 Å². The van der Waals surface area contributed by atoms with E-state index in [0.717, 1.165) is 0 Å². The average molecular weight is 276 g/mol. The first-order chi connectivity index (χ1) is 8.38. The first-order valence-corrected chi connectivity index (χ1v) is 7.12. The number of rotatable bonds is 7. The summed E-state index contributed by atoms with van der Waals surface area (Å²) in [6, 6.07) is -0.177. The van der Waals surface area contributed by atoms with Gasteiger partial charge in [-0.3, -0.25) is 5.10 Å². The lowest BCUT2D eigenvalue weighted by molar-refractivity contribution is 0.177. The number of aryl methyl sites for hydroxylation is 2. The molecule has 1 atom stereocenters. The fourth-order valence-corrected chi connectivity index (χ4v) is 3.10. The fraction of sp³-hybridized carbons (Fsp3) is 0.700. The molecule has 0 radical (unpaired) electrons. The van der Waals surface area contributed by atoms with Gasteiger partial charge in [0.2, 0.25) is 10.0 Å². The number of nitrogens with zero attached hydrogens (tertiary/aromatic N) is 1. The van der Waals surface area contributed by atoms with Crippen LogP contribution in [0.3, 0.4) is 0 Å². The first kappa shape index (κ1) is 15.1. The number of H-pyrrole nitrogens is 1. The van der Waals surface area contributed by atoms with Crippen LogP contribution in [0.1, 0.15) is 17.8 Å². The highest BCUT2D eigenvalue weighted by Crippen LogP contribution is 2.15. The Morgan fingerprint density at radius 3 is 2.67 bits per heavy atom. The van der Waals surface area contributed by atoms with Crippen LogP contribution in [0.15, 0.2) is 4.90 Å². The maximum absolute atomic E-state index is 12.0. The van der Waals surface area contributed by atoms with Crippen molar-refractivity contribution in [2.75, 3.05) is 20.3 Å². The minimum atomic E-state index is -3.53. The van der Waals surface area contributed by atoms with E-state index < -0.39 is 10.0 Å². The lowest BCUT2D eigenvalue weighted by Crippen LogP contribution is -2.33. The van der Waals surface area contributed by atoms with Crippen molar-refractivity contribution in [1.82, 2.24) is 14.9 Å². The molecule has 0 saturated carbocycles. The molecule has 104 valence electrons. The highest BCUT2D eigenvalue weighted by Gasteiger charge is 2.21. The Labute approximate surface area is 107 Å². The summed E-state index contributed by atoms with van der Waals surface area (Å²) in [6.45, 7) is 4.00. The molecule has 0 amide bonds. The van der Waals surface area contributed by atoms with Gasteiger partial charge >= 0.3 is 0 Å². The van der Waals surface area contributed by atoms with Gasteiger partial charge in [0.1, 0.15) is 4.90 Å². The highest BCUT2D eigenvalue weighted by atomic mass is 32.2. The van der Waals surface area contributed by atoms with Crippen molar-refractivity contribution in [2.45, 2.75) is 31.2 Å². The Balaban J connectivity index is 2.61. The van der Waals surface area contributed by atoms with Crippen LogP contribution < -0.4 is 10.5 Å². The smallest absolute Gasteiger partial charge is 0.244 e. The van der Waals surface area contributed by atoms with Gasteiger partial charge in [-0.2, -0.15) is 5.10 Å². The Bertz CT molecular complexity index is 464. The van der Waals surface area contributed by atoms with E-state index in [2.05, 4.69) is 14.9 Å². The van der Waals surface area contributed by atoms with Crippen molar-refractivity contribution in [3.8, 4) is 0 Å². The van der Waals surface area contributed by atoms with Crippen molar-refractivity contribution in [1.29, 1.82) is 0 Å². The van der Waals surface area contributed by atoms with Crippen LogP contribution in [0.25, 0.3) is 0 Å². The second-order valence-electron chi connectivity index (χ2n) is 4.17. The molecule has 0 aliphatic carbocycles. The van der Waals surface area contributed by atoms with Crippen LogP contribution in [0.4, 0.5) is 0 Å². The van der Waals surface area contributed by atoms with Crippen LogP contribution in [0.5, 0.6) is 0 Å². The second kappa shape index (κ2) is 6.28. The average Bonchev–Trinajstić information content (AvgIpc) is 2.59. The molecule has 0 aromatic carbocycles. The number of hydrogen-bond acceptors (Lipinski definition) is 5. The van der Waals surface area contributed by atoms with Crippen LogP contribution in [-0.2, 0) is 14.8 Å². The van der Waals surface area contributed by atoms with E-state index in [4.69, 9.17) is 10.5 Å². The van der Waals surface area contributed by atoms with Crippen LogP contribution in [0.2, 0.25) is 0 Å². The van der Waals surface area contributed by atoms with E-state index in [0.29, 0.717) is 24.4 Å². The summed E-state index contributed by atoms with van der Waals surface area (Å²) in [5.41, 5.74) is 6.70. The summed E-state index contributed by atoms with van der Waals surface area (Å²) in [7, 11) is -1.97. The quantitative estimate of drug-likeness (QED) is 0.631. The number of hydrogen-bond donors (Lipinski definition) is 3. The zero-order valence-electron chi connectivity index (χ0n) is 10.9. The van der Waals surface area contributed by atoms with Gasteiger partial charge in [-0.1, -0.05) is 0 Å². The Morgan fingerprint density at radius 1 is 1.50 bits per heavy atom. The highest BCUT2D eigenvalue weighted by molar-refractivity contribution is 7.89. The van der Waals surface area contributed by atoms with E-state index in [1.807, 2.05) is 0 Å². The summed E-state index contributed by atoms with van der Waals surface area (Å²) < 4.78 is 31.5. The number of nitrogens with one attached hydrogen (secondary N) is 2. The molecule has 1 unspecified atom stereocenters. The Hall–Kier alpha value is -0.960. The van der Waals surface area contributed by atoms with Gasteiger partial charge in [0.15, 0.2) is 0 Å². The molecule has 0 fully saturated rings. The van der Waals surface area contributed by atoms with Gasteiger partial charge in [-0.15, -0.1) is 0 Å². The van der Waals surface area contributed by atoms with E-state index in [1.165, 1.54) is 0 Å². The molecule has 1 aromatic rings. The van der Waals surface area contributed by atoms with Crippen LogP contribution >= 0.6 is 0 Å². The van der Waals surface area contributed by atoms with Gasteiger partial charge in [0.05, 0.1) is 18.0 Å². The minimum Gasteiger partial charge on any atom is -0.383 e. The molecule has 0 saturated heterocycles. The molecule has 0 aliphatic rings. The molecule has 4 N–H and O–H groups in total. The van der Waals surface area contributed by atoms with Crippen molar-refractivity contribution in [3.05, 3.63) is 11.4 Å². The molecule has 18 heavy (non-hydrogen) atoms. The van der Waals surface area contributed by atoms with Crippen molar-refractivity contribution in [2.24, 2.45) is 5.73 Å². The number of aromatic amines is 1. The molecule has 1 aromatic heterocycles. The summed E-state index contributed by atoms with van der Waals surface area (Å²) in [6.07, 6.45) is 0.517. The largest absolute Gasteiger partial charge is 0.383 e. The maximum Gasteiger partial charge on any atom is 0.244 e. The first-order valence-electron chi connectivity index (χ1n) is 5.64. The summed E-state index contributed by atoms with van der Waals surface area (Å²) in [4.78, 5) is 0.211. The van der Waals surface area contributed by atoms with Crippen molar-refractivity contribution >= 4 is 10.0 Å². The zero-order valence-corrected chi connectivity index (χ0v) is 11.7. The molecule has 7 nitrogen and oxygen atoms in total. The van der Waals surface area contributed by atoms with Gasteiger partial charge in [0.25, 0.3) is 0 Å². The maximum atomic E-state index is 12.0. The van der Waals surface area contributed by atoms with E-state index >= 15 is 0 Å². The standard InChI is InChI=1S/C10H20N4O3S/c1-7-10(8(2)14-13-7)18(15,16)12-5-4-9(11)6-17-3/h9,12H,4-6,11H2,1-3H3,(H,13,14). The number of sulfonamides is 1. The van der Waals surface area contributed by atoms with Gasteiger partial charge < -0.3 is 10.5 Å². The summed E-state index contributed by atoms with van der Waals surface area (Å²) in [5, 5.41) is 6.51. The third kappa shape index (κ3) is 3.77. The molecular weight excluding hydrogens is 256 g/mol. The number of nitrogens with two attached hydrogens (primary N) is 1. The number of aromatic nitrogens is 2. The van der Waals surface area contributed by atoms with Crippen LogP contribution in [0, 0.1) is 13.8 Å². The third-order valence-corrected chi connectivity index (χ3v) is 4.24. The SMILES string of the molecule is COCC(N)CCNS(=O)(=O)c1c(C)n[nH]c1C. The zero-order chi connectivity index (χ0) is 13.8. The predicted octanol–water partition coefficient (Wildman–Crippen LogP) is -0.331. The lowest BCUT2D eigenvalue weighted by atomic mass is 10.2. The molecule has 0 bridgehead atoms. The van der Waals surface area contributed by atoms with Crippen molar-refractivity contribution in [3.63, 3.8) is 0 Å². The summed E-state index contributed by atoms with van der Waals surface area (Å²) >= 11 is 0. The second-order valence-corrected chi connectivity index (χ2v) is 5.87. The molecule has 0 spiro atoms. The topological polar surface area (TPSA) is 110 Å². The molecule has 0 aliphatic heterocycles. The van der Waals surface area contributed by atoms with E-state index in [-0.39, 0.29) is 17.5 Å². The Kier molecular flexibility index (Phi) is 5.27. The predicted molar refractivity (Wildman–Crippen MR) is 67.7 cm³/mol. The molecule has 1 rings (SSSR count). The van der Waals surface area contributed by atoms with Crippen LogP contribution in [-0.4, -0.2) is 44.9 Å². The van der Waals surface area contributed by atoms with Crippen molar-refractivity contribution < 1.29 is 13.2 Å². The normalized spacial score (nSPS) is 13.8. The third-order valence-electron chi connectivity index (χ3n) is 2.52. The lowest BCUT2D eigenvalue weighted by Gasteiger charge is -2.11.